The summed E-state index contributed by atoms with van der Waals surface area (Å²) < 4.78 is 119. The maximum Gasteiger partial charge on any atom is 0.415 e. The number of piperidine rings is 1. The maximum absolute atomic E-state index is 14.5. The van der Waals surface area contributed by atoms with Crippen molar-refractivity contribution in [1.82, 2.24) is 35.0 Å². The zero-order chi connectivity index (χ0) is 61.2. The molecule has 2 aromatic rings. The van der Waals surface area contributed by atoms with Gasteiger partial charge >= 0.3 is 12.1 Å². The van der Waals surface area contributed by atoms with Crippen LogP contribution in [0.5, 0.6) is 11.5 Å². The third-order valence-corrected chi connectivity index (χ3v) is 17.6. The lowest BCUT2D eigenvalue weighted by Gasteiger charge is -2.41. The monoisotopic (exact) mass is 1190 g/mol. The van der Waals surface area contributed by atoms with Gasteiger partial charge in [0.1, 0.15) is 17.8 Å². The molecule has 5 rings (SSSR count). The molecule has 458 valence electrons. The Kier molecular flexibility index (Phi) is 23.6. The number of nitrogens with one attached hydrogen (secondary N) is 3. The Morgan fingerprint density at radius 1 is 0.720 bits per heavy atom. The van der Waals surface area contributed by atoms with Crippen LogP contribution in [0, 0.1) is 58.7 Å². The van der Waals surface area contributed by atoms with Gasteiger partial charge in [-0.15, -0.1) is 0 Å². The van der Waals surface area contributed by atoms with Gasteiger partial charge in [-0.25, -0.2) is 26.4 Å². The number of sulfonamides is 1. The molecule has 2 saturated heterocycles. The van der Waals surface area contributed by atoms with Gasteiger partial charge in [0.15, 0.2) is 0 Å². The molecule has 26 heteroatoms. The summed E-state index contributed by atoms with van der Waals surface area (Å²) in [5.74, 6) is -19.7. The van der Waals surface area contributed by atoms with Crippen LogP contribution in [0.1, 0.15) is 105 Å². The number of esters is 1. The summed E-state index contributed by atoms with van der Waals surface area (Å²) >= 11 is 0. The Hall–Kier alpha value is -5.99. The van der Waals surface area contributed by atoms with E-state index in [1.807, 2.05) is 60.5 Å². The number of carbonyl (C=O) groups is 7. The second-order valence-corrected chi connectivity index (χ2v) is 24.5. The number of amides is 6. The van der Waals surface area contributed by atoms with Crippen LogP contribution in [0.3, 0.4) is 0 Å². The smallest absolute Gasteiger partial charge is 0.415 e. The summed E-state index contributed by atoms with van der Waals surface area (Å²) in [6.45, 7) is 13.2. The maximum atomic E-state index is 14.5. The lowest BCUT2D eigenvalue weighted by molar-refractivity contribution is -0.148. The average molecular weight is 1190 g/mol. The number of rotatable bonds is 26. The predicted molar refractivity (Wildman–Crippen MR) is 290 cm³/mol. The molecule has 3 aliphatic rings. The lowest BCUT2D eigenvalue weighted by atomic mass is 9.89. The molecule has 1 unspecified atom stereocenters. The number of halogens is 5. The first-order valence-electron chi connectivity index (χ1n) is 27.7. The predicted octanol–water partition coefficient (Wildman–Crippen LogP) is 5.48. The van der Waals surface area contributed by atoms with Crippen molar-refractivity contribution in [1.29, 1.82) is 0 Å². The number of ether oxygens (including phenoxy) is 4. The second kappa shape index (κ2) is 29.0. The average Bonchev–Trinajstić information content (AvgIpc) is 4.29. The Balaban J connectivity index is 1.25. The quantitative estimate of drug-likeness (QED) is 0.0348. The molecule has 3 fully saturated rings. The van der Waals surface area contributed by atoms with E-state index in [0.717, 1.165) is 0 Å². The van der Waals surface area contributed by atoms with Crippen LogP contribution in [0.4, 0.5) is 26.7 Å². The molecule has 2 aliphatic heterocycles. The van der Waals surface area contributed by atoms with Gasteiger partial charge in [-0.05, 0) is 88.1 Å². The van der Waals surface area contributed by atoms with Crippen LogP contribution < -0.4 is 24.8 Å². The van der Waals surface area contributed by atoms with E-state index in [1.165, 1.54) is 43.4 Å². The first-order chi connectivity index (χ1) is 38.5. The van der Waals surface area contributed by atoms with E-state index in [2.05, 4.69) is 20.1 Å². The molecule has 9 atom stereocenters. The van der Waals surface area contributed by atoms with Gasteiger partial charge in [-0.2, -0.15) is 8.78 Å². The van der Waals surface area contributed by atoms with E-state index in [4.69, 9.17) is 14.2 Å². The Labute approximate surface area is 476 Å². The fourth-order valence-electron chi connectivity index (χ4n) is 10.8. The van der Waals surface area contributed by atoms with Crippen LogP contribution >= 0.6 is 0 Å². The van der Waals surface area contributed by atoms with Crippen molar-refractivity contribution >= 4 is 51.6 Å². The van der Waals surface area contributed by atoms with Crippen molar-refractivity contribution in [3.8, 4) is 11.5 Å². The van der Waals surface area contributed by atoms with Gasteiger partial charge < -0.3 is 44.3 Å². The summed E-state index contributed by atoms with van der Waals surface area (Å²) in [7, 11) is 4.07. The highest BCUT2D eigenvalue weighted by Crippen LogP contribution is 2.33. The van der Waals surface area contributed by atoms with Crippen molar-refractivity contribution in [2.75, 3.05) is 55.0 Å². The highest BCUT2D eigenvalue weighted by Gasteiger charge is 2.45. The first kappa shape index (κ1) is 66.8. The molecular weight excluding hydrogens is 1110 g/mol. The number of hydrogen-bond acceptors (Lipinski definition) is 14. The van der Waals surface area contributed by atoms with Crippen molar-refractivity contribution in [3.63, 3.8) is 0 Å². The topological polar surface area (TPSA) is 240 Å². The normalized spacial score (nSPS) is 19.0. The van der Waals surface area contributed by atoms with Crippen molar-refractivity contribution in [2.45, 2.75) is 154 Å². The van der Waals surface area contributed by atoms with E-state index in [1.54, 1.807) is 23.8 Å². The second-order valence-electron chi connectivity index (χ2n) is 22.5. The highest BCUT2D eigenvalue weighted by atomic mass is 32.2. The molecule has 2 heterocycles. The molecular formula is C56H80F5N7O13S. The van der Waals surface area contributed by atoms with Gasteiger partial charge in [0.25, 0.3) is 5.91 Å². The minimum absolute atomic E-state index is 0.0308. The molecule has 1 saturated carbocycles. The van der Waals surface area contributed by atoms with E-state index >= 15 is 0 Å². The molecule has 1 aliphatic carbocycles. The summed E-state index contributed by atoms with van der Waals surface area (Å²) in [5.41, 5.74) is 0.407. The third-order valence-electron chi connectivity index (χ3n) is 15.8. The SMILES string of the molecule is CC[C@H](C)C([C@@H](CC(=O)N1CCC[C@H]1[C@H](OC)[C@@H](C)C(=O)N[C@@H](Cc1ccc(OC(=O)N2CCC(C(=O)Oc3c(F)c(F)c(F)c(F)c3F)CC2)cc1)C(=O)NS(=O)(=O)C1CC1)OC)N(C)C(=O)[C@@H](NC(=O)[C@H](C(C)C)N(C)C)C(C)C. The number of likely N-dealkylation sites (N-methyl/N-ethyl adjacent to an activating group) is 2. The van der Waals surface area contributed by atoms with E-state index < -0.39 is 128 Å². The van der Waals surface area contributed by atoms with E-state index in [-0.39, 0.29) is 80.0 Å². The largest absolute Gasteiger partial charge is 0.420 e. The molecule has 6 amide bonds. The number of nitrogens with zero attached hydrogens (tertiary/aromatic N) is 4. The Bertz CT molecular complexity index is 2690. The summed E-state index contributed by atoms with van der Waals surface area (Å²) in [6.07, 6.45) is -0.765. The molecule has 0 spiro atoms. The minimum Gasteiger partial charge on any atom is -0.420 e. The minimum atomic E-state index is -4.08. The first-order valence-corrected chi connectivity index (χ1v) is 29.3. The number of likely N-dealkylation sites (tertiary alicyclic amines) is 2. The highest BCUT2D eigenvalue weighted by molar-refractivity contribution is 7.90. The van der Waals surface area contributed by atoms with Crippen LogP contribution in [-0.4, -0.2) is 172 Å². The molecule has 0 radical (unpaired) electrons. The van der Waals surface area contributed by atoms with Crippen molar-refractivity contribution in [2.24, 2.45) is 29.6 Å². The summed E-state index contributed by atoms with van der Waals surface area (Å²) in [5, 5.41) is 4.93. The fourth-order valence-corrected chi connectivity index (χ4v) is 12.2. The van der Waals surface area contributed by atoms with E-state index in [9.17, 15) is 63.9 Å². The van der Waals surface area contributed by atoms with Gasteiger partial charge in [-0.1, -0.05) is 67.0 Å². The summed E-state index contributed by atoms with van der Waals surface area (Å²) in [4.78, 5) is 103. The third kappa shape index (κ3) is 16.2. The van der Waals surface area contributed by atoms with Gasteiger partial charge in [0.05, 0.1) is 53.8 Å². The molecule has 20 nitrogen and oxygen atoms in total. The zero-order valence-electron chi connectivity index (χ0n) is 48.7. The Morgan fingerprint density at radius 3 is 1.82 bits per heavy atom. The van der Waals surface area contributed by atoms with Crippen LogP contribution in [-0.2, 0) is 54.7 Å². The molecule has 0 aromatic heterocycles. The lowest BCUT2D eigenvalue weighted by Crippen LogP contribution is -2.59. The van der Waals surface area contributed by atoms with Crippen LogP contribution in [0.15, 0.2) is 24.3 Å². The van der Waals surface area contributed by atoms with Crippen LogP contribution in [0.2, 0.25) is 0 Å². The van der Waals surface area contributed by atoms with Crippen molar-refractivity contribution in [3.05, 3.63) is 58.9 Å². The number of hydrogen-bond donors (Lipinski definition) is 3. The molecule has 0 bridgehead atoms. The number of methoxy groups -OCH3 is 2. The summed E-state index contributed by atoms with van der Waals surface area (Å²) in [6, 6.07) is 1.74. The standard InChI is InChI=1S/C56H80F5N7O13S/c1-13-31(6)48(66(10)54(73)46(29(2)3)63-53(72)47(30(4)5)65(8)9)39(78-11)28-40(69)68-24-14-15-38(68)49(79-12)32(7)51(70)62-37(52(71)64-82(76,77)36-20-21-36)27-33-16-18-35(19-17-33)80-56(75)67-25-22-34(23-26-67)55(74)81-50-44(60)42(58)41(57)43(59)45(50)61/h16-19,29-32,34,36-39,46-49H,13-15,20-28H2,1-12H3,(H,62,70)(H,63,72)(H,64,71)/t31-,32+,37-,38-,39+,46-,47-,48?,49+/m0/s1. The zero-order valence-corrected chi connectivity index (χ0v) is 49.5. The molecule has 82 heavy (non-hydrogen) atoms. The van der Waals surface area contributed by atoms with Crippen molar-refractivity contribution < 1.29 is 82.9 Å². The fraction of sp³-hybridized carbons (Fsp3) is 0.661. The van der Waals surface area contributed by atoms with Gasteiger partial charge in [0, 0.05) is 47.3 Å². The Morgan fingerprint density at radius 2 is 1.30 bits per heavy atom. The number of benzene rings is 2. The number of carbonyl (C=O) groups excluding carboxylic acids is 7. The molecule has 3 N–H and O–H groups in total. The van der Waals surface area contributed by atoms with E-state index in [0.29, 0.717) is 44.2 Å². The van der Waals surface area contributed by atoms with Gasteiger partial charge in [0.2, 0.25) is 68.5 Å². The van der Waals surface area contributed by atoms with Gasteiger partial charge in [-0.3, -0.25) is 38.4 Å². The molecule has 2 aromatic carbocycles. The van der Waals surface area contributed by atoms with Crippen LogP contribution in [0.25, 0.3) is 0 Å².